The van der Waals surface area contributed by atoms with Crippen molar-refractivity contribution in [2.45, 2.75) is 25.9 Å². The van der Waals surface area contributed by atoms with E-state index < -0.39 is 46.5 Å². The van der Waals surface area contributed by atoms with Crippen molar-refractivity contribution < 1.29 is 41.9 Å². The molecule has 2 aromatic rings. The van der Waals surface area contributed by atoms with Crippen LogP contribution in [-0.4, -0.2) is 36.6 Å². The first-order valence-electron chi connectivity index (χ1n) is 9.77. The molecule has 2 rings (SSSR count). The summed E-state index contributed by atoms with van der Waals surface area (Å²) in [6.45, 7) is 1.64. The lowest BCUT2D eigenvalue weighted by Crippen LogP contribution is -2.23. The lowest BCUT2D eigenvalue weighted by molar-refractivity contribution is -0.385. The summed E-state index contributed by atoms with van der Waals surface area (Å²) in [4.78, 5) is 33.4. The van der Waals surface area contributed by atoms with Gasteiger partial charge in [0.15, 0.2) is 18.1 Å². The molecular weight excluding hydrogens is 449 g/mol. The quantitative estimate of drug-likeness (QED) is 0.225. The maximum atomic E-state index is 13.1. The van der Waals surface area contributed by atoms with Crippen LogP contribution in [0.1, 0.15) is 25.3 Å². The van der Waals surface area contributed by atoms with Gasteiger partial charge in [-0.25, -0.2) is 0 Å². The minimum atomic E-state index is -4.94. The van der Waals surface area contributed by atoms with Gasteiger partial charge in [0.25, 0.3) is 11.6 Å². The van der Waals surface area contributed by atoms with E-state index in [9.17, 15) is 32.9 Å². The third kappa shape index (κ3) is 7.98. The van der Waals surface area contributed by atoms with Crippen molar-refractivity contribution in [3.8, 4) is 11.5 Å². The minimum Gasteiger partial charge on any atom is -0.490 e. The Morgan fingerprint density at radius 1 is 1.09 bits per heavy atom. The van der Waals surface area contributed by atoms with Gasteiger partial charge in [0.1, 0.15) is 0 Å². The molecule has 0 saturated heterocycles. The molecule has 9 nitrogen and oxygen atoms in total. The Labute approximate surface area is 186 Å². The Kier molecular flexibility index (Phi) is 9.01. The summed E-state index contributed by atoms with van der Waals surface area (Å²) in [5.74, 6) is -0.699. The van der Waals surface area contributed by atoms with Crippen LogP contribution in [0, 0.1) is 10.1 Å². The number of rotatable bonds is 11. The summed E-state index contributed by atoms with van der Waals surface area (Å²) in [5.41, 5.74) is -2.85. The molecule has 0 saturated carbocycles. The number of hydrogen-bond donors (Lipinski definition) is 1. The predicted octanol–water partition coefficient (Wildman–Crippen LogP) is 4.35. The Balaban J connectivity index is 1.81. The second-order valence-corrected chi connectivity index (χ2v) is 6.53. The highest BCUT2D eigenvalue weighted by Crippen LogP contribution is 2.37. The van der Waals surface area contributed by atoms with Gasteiger partial charge in [-0.15, -0.1) is 0 Å². The van der Waals surface area contributed by atoms with Crippen molar-refractivity contribution in [2.75, 3.05) is 25.1 Å². The number of halogens is 3. The molecule has 0 unspecified atom stereocenters. The van der Waals surface area contributed by atoms with E-state index in [1.807, 2.05) is 12.2 Å². The van der Waals surface area contributed by atoms with E-state index in [1.54, 1.807) is 24.3 Å². The molecule has 0 spiro atoms. The van der Waals surface area contributed by atoms with Crippen LogP contribution in [0.2, 0.25) is 0 Å². The summed E-state index contributed by atoms with van der Waals surface area (Å²) in [6, 6.07) is 8.89. The first-order valence-corrected chi connectivity index (χ1v) is 9.77. The Morgan fingerprint density at radius 2 is 1.76 bits per heavy atom. The number of para-hydroxylation sites is 2. The molecule has 1 amide bonds. The smallest absolute Gasteiger partial charge is 0.418 e. The molecule has 0 radical (unpaired) electrons. The van der Waals surface area contributed by atoms with Gasteiger partial charge in [-0.2, -0.15) is 13.2 Å². The van der Waals surface area contributed by atoms with Crippen LogP contribution in [0.25, 0.3) is 0 Å². The molecule has 0 atom stereocenters. The summed E-state index contributed by atoms with van der Waals surface area (Å²) >= 11 is 0. The number of nitro benzene ring substituents is 1. The molecule has 0 bridgehead atoms. The number of nitrogens with one attached hydrogen (secondary N) is 1. The molecule has 0 fully saturated rings. The number of hydrogen-bond acceptors (Lipinski definition) is 7. The van der Waals surface area contributed by atoms with E-state index in [2.05, 4.69) is 0 Å². The zero-order valence-electron chi connectivity index (χ0n) is 17.5. The van der Waals surface area contributed by atoms with Gasteiger partial charge in [0.05, 0.1) is 29.4 Å². The largest absolute Gasteiger partial charge is 0.490 e. The molecule has 0 aliphatic rings. The van der Waals surface area contributed by atoms with E-state index in [-0.39, 0.29) is 19.4 Å². The number of alkyl halides is 3. The number of ether oxygens (including phenoxy) is 3. The second kappa shape index (κ2) is 11.7. The van der Waals surface area contributed by atoms with E-state index in [0.29, 0.717) is 24.2 Å². The van der Waals surface area contributed by atoms with Gasteiger partial charge in [0.2, 0.25) is 0 Å². The summed E-state index contributed by atoms with van der Waals surface area (Å²) < 4.78 is 55.1. The monoisotopic (exact) mass is 470 g/mol. The average molecular weight is 470 g/mol. The fourth-order valence-electron chi connectivity index (χ4n) is 2.64. The number of carbonyl (C=O) groups excluding carboxylic acids is 2. The molecule has 0 aromatic heterocycles. The van der Waals surface area contributed by atoms with Gasteiger partial charge in [0, 0.05) is 18.6 Å². The van der Waals surface area contributed by atoms with Crippen molar-refractivity contribution in [1.29, 1.82) is 0 Å². The Morgan fingerprint density at radius 3 is 2.36 bits per heavy atom. The summed E-state index contributed by atoms with van der Waals surface area (Å²) in [6.07, 6.45) is -4.76. The van der Waals surface area contributed by atoms with Gasteiger partial charge in [-0.1, -0.05) is 12.1 Å². The average Bonchev–Trinajstić information content (AvgIpc) is 2.76. The van der Waals surface area contributed by atoms with Crippen LogP contribution in [0.5, 0.6) is 11.5 Å². The second-order valence-electron chi connectivity index (χ2n) is 6.53. The van der Waals surface area contributed by atoms with Crippen molar-refractivity contribution >= 4 is 23.3 Å². The topological polar surface area (TPSA) is 117 Å². The van der Waals surface area contributed by atoms with Gasteiger partial charge in [-0.05, 0) is 31.5 Å². The number of anilines is 1. The number of nitro groups is 1. The molecule has 1 N–H and O–H groups in total. The maximum absolute atomic E-state index is 13.1. The number of carbonyl (C=O) groups is 2. The predicted molar refractivity (Wildman–Crippen MR) is 110 cm³/mol. The SMILES string of the molecule is CCOc1ccccc1OCCCC(=O)OCC(=O)Nc1ccc([N+](=O)[O-])cc1C(F)(F)F. The van der Waals surface area contributed by atoms with E-state index in [4.69, 9.17) is 14.2 Å². The molecule has 33 heavy (non-hydrogen) atoms. The Hall–Kier alpha value is -3.83. The van der Waals surface area contributed by atoms with Crippen LogP contribution in [0.4, 0.5) is 24.5 Å². The maximum Gasteiger partial charge on any atom is 0.418 e. The van der Waals surface area contributed by atoms with E-state index in [0.717, 1.165) is 12.1 Å². The normalized spacial score (nSPS) is 10.9. The molecule has 0 heterocycles. The van der Waals surface area contributed by atoms with Crippen LogP contribution in [-0.2, 0) is 20.5 Å². The van der Waals surface area contributed by atoms with Crippen LogP contribution >= 0.6 is 0 Å². The van der Waals surface area contributed by atoms with Crippen molar-refractivity contribution in [1.82, 2.24) is 0 Å². The molecule has 0 aliphatic carbocycles. The lowest BCUT2D eigenvalue weighted by atomic mass is 10.1. The highest BCUT2D eigenvalue weighted by molar-refractivity contribution is 5.93. The summed E-state index contributed by atoms with van der Waals surface area (Å²) in [7, 11) is 0. The van der Waals surface area contributed by atoms with Crippen LogP contribution < -0.4 is 14.8 Å². The molecule has 0 aliphatic heterocycles. The molecule has 178 valence electrons. The number of nitrogens with zero attached hydrogens (tertiary/aromatic N) is 1. The standard InChI is InChI=1S/C21H21F3N2O7/c1-2-31-17-6-3-4-7-18(17)32-11-5-8-20(28)33-13-19(27)25-16-10-9-14(26(29)30)12-15(16)21(22,23)24/h3-4,6-7,9-10,12H,2,5,8,11,13H2,1H3,(H,25,27). The fraction of sp³-hybridized carbons (Fsp3) is 0.333. The van der Waals surface area contributed by atoms with Crippen molar-refractivity contribution in [3.63, 3.8) is 0 Å². The van der Waals surface area contributed by atoms with E-state index in [1.165, 1.54) is 0 Å². The molecule has 12 heteroatoms. The first kappa shape index (κ1) is 25.4. The number of esters is 1. The third-order valence-electron chi connectivity index (χ3n) is 4.09. The zero-order valence-corrected chi connectivity index (χ0v) is 17.5. The summed E-state index contributed by atoms with van der Waals surface area (Å²) in [5, 5.41) is 12.7. The molecule has 2 aromatic carbocycles. The Bertz CT molecular complexity index is 996. The van der Waals surface area contributed by atoms with Crippen LogP contribution in [0.15, 0.2) is 42.5 Å². The van der Waals surface area contributed by atoms with Gasteiger partial charge in [-0.3, -0.25) is 19.7 Å². The highest BCUT2D eigenvalue weighted by Gasteiger charge is 2.35. The fourth-order valence-corrected chi connectivity index (χ4v) is 2.64. The van der Waals surface area contributed by atoms with Gasteiger partial charge >= 0.3 is 12.1 Å². The minimum absolute atomic E-state index is 0.0879. The van der Waals surface area contributed by atoms with Crippen molar-refractivity contribution in [3.05, 3.63) is 58.1 Å². The van der Waals surface area contributed by atoms with Crippen molar-refractivity contribution in [2.24, 2.45) is 0 Å². The molecular formula is C21H21F3N2O7. The number of benzene rings is 2. The lowest BCUT2D eigenvalue weighted by Gasteiger charge is -2.14. The zero-order chi connectivity index (χ0) is 24.4. The number of non-ortho nitro benzene ring substituents is 1. The van der Waals surface area contributed by atoms with Gasteiger partial charge < -0.3 is 19.5 Å². The van der Waals surface area contributed by atoms with E-state index >= 15 is 0 Å². The number of amides is 1. The highest BCUT2D eigenvalue weighted by atomic mass is 19.4. The third-order valence-corrected chi connectivity index (χ3v) is 4.09. The van der Waals surface area contributed by atoms with Crippen LogP contribution in [0.3, 0.4) is 0 Å². The first-order chi connectivity index (χ1) is 15.6.